The molecule has 0 aromatic heterocycles. The van der Waals surface area contributed by atoms with Crippen LogP contribution in [0, 0.1) is 0 Å². The van der Waals surface area contributed by atoms with E-state index in [2.05, 4.69) is 5.32 Å². The number of amides is 2. The van der Waals surface area contributed by atoms with Gasteiger partial charge in [-0.05, 0) is 37.0 Å². The average molecular weight is 322 g/mol. The standard InChI is InChI=1S/C20H22N2O2/c1-15(20(24)21-14-16-8-3-2-4-9-16)22-18-12-6-5-10-17(18)11-7-13-19(22)23/h2-6,8-10,12,15H,7,11,13-14H2,1H3,(H,21,24)/t15-/m1/s1. The fraction of sp³-hybridized carbons (Fsp3) is 0.300. The van der Waals surface area contributed by atoms with E-state index in [9.17, 15) is 9.59 Å². The normalized spacial score (nSPS) is 15.4. The Bertz CT molecular complexity index is 727. The second kappa shape index (κ2) is 7.30. The summed E-state index contributed by atoms with van der Waals surface area (Å²) >= 11 is 0. The average Bonchev–Trinajstić information content (AvgIpc) is 2.78. The molecule has 4 heteroatoms. The number of nitrogens with zero attached hydrogens (tertiary/aromatic N) is 1. The Morgan fingerprint density at radius 2 is 1.79 bits per heavy atom. The summed E-state index contributed by atoms with van der Waals surface area (Å²) in [5.74, 6) is -0.119. The van der Waals surface area contributed by atoms with Crippen molar-refractivity contribution in [3.05, 3.63) is 65.7 Å². The first-order chi connectivity index (χ1) is 11.7. The van der Waals surface area contributed by atoms with E-state index in [-0.39, 0.29) is 11.8 Å². The highest BCUT2D eigenvalue weighted by molar-refractivity contribution is 6.01. The van der Waals surface area contributed by atoms with Crippen LogP contribution in [0.4, 0.5) is 5.69 Å². The van der Waals surface area contributed by atoms with E-state index in [4.69, 9.17) is 0 Å². The highest BCUT2D eigenvalue weighted by Gasteiger charge is 2.30. The zero-order valence-corrected chi connectivity index (χ0v) is 13.9. The van der Waals surface area contributed by atoms with E-state index >= 15 is 0 Å². The molecule has 0 saturated heterocycles. The van der Waals surface area contributed by atoms with Crippen molar-refractivity contribution in [3.63, 3.8) is 0 Å². The second-order valence-electron chi connectivity index (χ2n) is 6.13. The van der Waals surface area contributed by atoms with Gasteiger partial charge >= 0.3 is 0 Å². The number of carbonyl (C=O) groups excluding carboxylic acids is 2. The van der Waals surface area contributed by atoms with Gasteiger partial charge in [-0.25, -0.2) is 0 Å². The fourth-order valence-electron chi connectivity index (χ4n) is 3.12. The summed E-state index contributed by atoms with van der Waals surface area (Å²) in [5, 5.41) is 2.93. The van der Waals surface area contributed by atoms with Crippen molar-refractivity contribution in [1.82, 2.24) is 5.32 Å². The Hall–Kier alpha value is -2.62. The molecule has 1 aliphatic heterocycles. The minimum atomic E-state index is -0.527. The fourth-order valence-corrected chi connectivity index (χ4v) is 3.12. The lowest BCUT2D eigenvalue weighted by atomic mass is 10.1. The van der Waals surface area contributed by atoms with Gasteiger partial charge in [0.2, 0.25) is 11.8 Å². The van der Waals surface area contributed by atoms with Gasteiger partial charge in [0.05, 0.1) is 0 Å². The molecule has 0 saturated carbocycles. The zero-order valence-electron chi connectivity index (χ0n) is 13.9. The summed E-state index contributed by atoms with van der Waals surface area (Å²) in [6.45, 7) is 2.26. The second-order valence-corrected chi connectivity index (χ2v) is 6.13. The molecule has 0 unspecified atom stereocenters. The summed E-state index contributed by atoms with van der Waals surface area (Å²) in [6, 6.07) is 17.1. The van der Waals surface area contributed by atoms with Crippen molar-refractivity contribution >= 4 is 17.5 Å². The molecule has 1 atom stereocenters. The number of rotatable bonds is 4. The molecule has 0 aliphatic carbocycles. The predicted octanol–water partition coefficient (Wildman–Crippen LogP) is 3.06. The van der Waals surface area contributed by atoms with Crippen molar-refractivity contribution < 1.29 is 9.59 Å². The SMILES string of the molecule is C[C@H](C(=O)NCc1ccccc1)N1C(=O)CCCc2ccccc21. The lowest BCUT2D eigenvalue weighted by molar-refractivity contribution is -0.126. The molecule has 24 heavy (non-hydrogen) atoms. The van der Waals surface area contributed by atoms with Crippen molar-refractivity contribution in [2.75, 3.05) is 4.90 Å². The molecule has 1 N–H and O–H groups in total. The van der Waals surface area contributed by atoms with Gasteiger partial charge in [0.25, 0.3) is 0 Å². The number of hydrogen-bond acceptors (Lipinski definition) is 2. The Morgan fingerprint density at radius 3 is 2.58 bits per heavy atom. The maximum atomic E-state index is 12.6. The topological polar surface area (TPSA) is 49.4 Å². The van der Waals surface area contributed by atoms with Gasteiger partial charge in [-0.2, -0.15) is 0 Å². The predicted molar refractivity (Wildman–Crippen MR) is 94.6 cm³/mol. The summed E-state index contributed by atoms with van der Waals surface area (Å²) in [7, 11) is 0. The third kappa shape index (κ3) is 3.48. The molecule has 3 rings (SSSR count). The van der Waals surface area contributed by atoms with Crippen molar-refractivity contribution in [3.8, 4) is 0 Å². The van der Waals surface area contributed by atoms with Crippen LogP contribution in [0.2, 0.25) is 0 Å². The lowest BCUT2D eigenvalue weighted by Gasteiger charge is -2.28. The first-order valence-electron chi connectivity index (χ1n) is 8.38. The monoisotopic (exact) mass is 322 g/mol. The summed E-state index contributed by atoms with van der Waals surface area (Å²) in [6.07, 6.45) is 2.17. The van der Waals surface area contributed by atoms with Crippen LogP contribution in [-0.2, 0) is 22.6 Å². The highest BCUT2D eigenvalue weighted by Crippen LogP contribution is 2.28. The third-order valence-electron chi connectivity index (χ3n) is 4.43. The Balaban J connectivity index is 1.76. The van der Waals surface area contributed by atoms with Crippen LogP contribution in [0.1, 0.15) is 30.9 Å². The van der Waals surface area contributed by atoms with Crippen LogP contribution in [-0.4, -0.2) is 17.9 Å². The Kier molecular flexibility index (Phi) is 4.94. The van der Waals surface area contributed by atoms with E-state index in [0.29, 0.717) is 13.0 Å². The molecular weight excluding hydrogens is 300 g/mol. The number of fused-ring (bicyclic) bond motifs is 1. The van der Waals surface area contributed by atoms with Gasteiger partial charge in [0.15, 0.2) is 0 Å². The highest BCUT2D eigenvalue weighted by atomic mass is 16.2. The number of nitrogens with one attached hydrogen (secondary N) is 1. The largest absolute Gasteiger partial charge is 0.350 e. The first kappa shape index (κ1) is 16.2. The van der Waals surface area contributed by atoms with E-state index in [0.717, 1.165) is 29.7 Å². The Labute approximate surface area is 142 Å². The number of anilines is 1. The first-order valence-corrected chi connectivity index (χ1v) is 8.38. The molecule has 1 heterocycles. The van der Waals surface area contributed by atoms with Crippen LogP contribution in [0.25, 0.3) is 0 Å². The zero-order chi connectivity index (χ0) is 16.9. The van der Waals surface area contributed by atoms with Crippen LogP contribution < -0.4 is 10.2 Å². The number of aryl methyl sites for hydroxylation is 1. The maximum absolute atomic E-state index is 12.6. The van der Waals surface area contributed by atoms with Crippen LogP contribution in [0.3, 0.4) is 0 Å². The van der Waals surface area contributed by atoms with Gasteiger partial charge in [-0.15, -0.1) is 0 Å². The number of hydrogen-bond donors (Lipinski definition) is 1. The molecular formula is C20H22N2O2. The van der Waals surface area contributed by atoms with Crippen LogP contribution >= 0.6 is 0 Å². The molecule has 1 aliphatic rings. The summed E-state index contributed by atoms with van der Waals surface area (Å²) in [4.78, 5) is 26.8. The van der Waals surface area contributed by atoms with Crippen molar-refractivity contribution in [1.29, 1.82) is 0 Å². The van der Waals surface area contributed by atoms with Crippen LogP contribution in [0.15, 0.2) is 54.6 Å². The van der Waals surface area contributed by atoms with Crippen LogP contribution in [0.5, 0.6) is 0 Å². The van der Waals surface area contributed by atoms with Gasteiger partial charge < -0.3 is 5.32 Å². The molecule has 124 valence electrons. The smallest absolute Gasteiger partial charge is 0.243 e. The Morgan fingerprint density at radius 1 is 1.08 bits per heavy atom. The molecule has 2 aromatic carbocycles. The van der Waals surface area contributed by atoms with E-state index < -0.39 is 6.04 Å². The molecule has 2 aromatic rings. The van der Waals surface area contributed by atoms with Crippen molar-refractivity contribution in [2.24, 2.45) is 0 Å². The lowest BCUT2D eigenvalue weighted by Crippen LogP contribution is -2.48. The van der Waals surface area contributed by atoms with Gasteiger partial charge in [-0.1, -0.05) is 48.5 Å². The van der Waals surface area contributed by atoms with E-state index in [1.165, 1.54) is 0 Å². The summed E-state index contributed by atoms with van der Waals surface area (Å²) in [5.41, 5.74) is 3.04. The van der Waals surface area contributed by atoms with E-state index in [1.54, 1.807) is 11.8 Å². The molecule has 4 nitrogen and oxygen atoms in total. The minimum absolute atomic E-state index is 0.0160. The van der Waals surface area contributed by atoms with Gasteiger partial charge in [0.1, 0.15) is 6.04 Å². The summed E-state index contributed by atoms with van der Waals surface area (Å²) < 4.78 is 0. The number of para-hydroxylation sites is 1. The molecule has 0 bridgehead atoms. The molecule has 2 amide bonds. The quantitative estimate of drug-likeness (QED) is 0.940. The number of carbonyl (C=O) groups is 2. The van der Waals surface area contributed by atoms with Crippen molar-refractivity contribution in [2.45, 2.75) is 38.8 Å². The van der Waals surface area contributed by atoms with Gasteiger partial charge in [-0.3, -0.25) is 14.5 Å². The molecule has 0 fully saturated rings. The number of benzene rings is 2. The minimum Gasteiger partial charge on any atom is -0.350 e. The maximum Gasteiger partial charge on any atom is 0.243 e. The third-order valence-corrected chi connectivity index (χ3v) is 4.43. The van der Waals surface area contributed by atoms with E-state index in [1.807, 2.05) is 54.6 Å². The molecule has 0 spiro atoms. The van der Waals surface area contributed by atoms with Gasteiger partial charge in [0, 0.05) is 18.7 Å². The molecule has 0 radical (unpaired) electrons.